The molecule has 0 saturated carbocycles. The molecule has 0 spiro atoms. The van der Waals surface area contributed by atoms with E-state index in [9.17, 15) is 13.2 Å². The van der Waals surface area contributed by atoms with Crippen LogP contribution in [0.15, 0.2) is 0 Å². The van der Waals surface area contributed by atoms with E-state index < -0.39 is 12.1 Å². The van der Waals surface area contributed by atoms with Gasteiger partial charge in [-0.3, -0.25) is 0 Å². The van der Waals surface area contributed by atoms with Gasteiger partial charge in [-0.2, -0.15) is 13.2 Å². The van der Waals surface area contributed by atoms with Gasteiger partial charge >= 0.3 is 6.18 Å². The number of unbranched alkanes of at least 4 members (excludes halogenated alkanes) is 1. The van der Waals surface area contributed by atoms with E-state index in [2.05, 4.69) is 0 Å². The molecule has 1 heterocycles. The van der Waals surface area contributed by atoms with Gasteiger partial charge in [-0.15, -0.1) is 0 Å². The lowest BCUT2D eigenvalue weighted by atomic mass is 9.97. The van der Waals surface area contributed by atoms with Gasteiger partial charge in [0, 0.05) is 6.54 Å². The van der Waals surface area contributed by atoms with Gasteiger partial charge in [0.2, 0.25) is 0 Å². The second-order valence-electron chi connectivity index (χ2n) is 4.18. The monoisotopic (exact) mass is 224 g/mol. The van der Waals surface area contributed by atoms with E-state index in [1.54, 1.807) is 0 Å². The number of hydrogen-bond acceptors (Lipinski definition) is 2. The molecule has 1 saturated heterocycles. The molecule has 0 amide bonds. The van der Waals surface area contributed by atoms with Gasteiger partial charge in [-0.1, -0.05) is 0 Å². The molecular formula is C10H19F3N2. The molecule has 2 nitrogen and oxygen atoms in total. The lowest BCUT2D eigenvalue weighted by Gasteiger charge is -2.33. The Morgan fingerprint density at radius 3 is 2.60 bits per heavy atom. The minimum atomic E-state index is -4.02. The van der Waals surface area contributed by atoms with Crippen molar-refractivity contribution in [2.24, 2.45) is 11.7 Å². The van der Waals surface area contributed by atoms with Crippen molar-refractivity contribution in [3.05, 3.63) is 0 Å². The van der Waals surface area contributed by atoms with Crippen LogP contribution in [-0.4, -0.2) is 37.3 Å². The molecule has 0 aromatic carbocycles. The molecular weight excluding hydrogens is 205 g/mol. The Morgan fingerprint density at radius 1 is 1.27 bits per heavy atom. The number of nitrogens with zero attached hydrogens (tertiary/aromatic N) is 1. The third kappa shape index (κ3) is 4.38. The number of halogens is 3. The lowest BCUT2D eigenvalue weighted by Crippen LogP contribution is -2.42. The summed E-state index contributed by atoms with van der Waals surface area (Å²) in [5.74, 6) is -1.12. The summed E-state index contributed by atoms with van der Waals surface area (Å²) < 4.78 is 37.4. The lowest BCUT2D eigenvalue weighted by molar-refractivity contribution is -0.186. The van der Waals surface area contributed by atoms with E-state index >= 15 is 0 Å². The molecule has 1 fully saturated rings. The smallest absolute Gasteiger partial charge is 0.330 e. The standard InChI is InChI=1S/C10H19F3N2/c11-10(12,13)9-4-3-7-15(8-9)6-2-1-5-14/h9H,1-8,14H2. The highest BCUT2D eigenvalue weighted by Gasteiger charge is 2.41. The second-order valence-corrected chi connectivity index (χ2v) is 4.18. The van der Waals surface area contributed by atoms with Gasteiger partial charge in [0.25, 0.3) is 0 Å². The first-order valence-corrected chi connectivity index (χ1v) is 5.53. The topological polar surface area (TPSA) is 29.3 Å². The van der Waals surface area contributed by atoms with Crippen molar-refractivity contribution < 1.29 is 13.2 Å². The van der Waals surface area contributed by atoms with Gasteiger partial charge < -0.3 is 10.6 Å². The van der Waals surface area contributed by atoms with Crippen molar-refractivity contribution in [2.75, 3.05) is 26.2 Å². The fourth-order valence-electron chi connectivity index (χ4n) is 2.01. The zero-order chi connectivity index (χ0) is 11.3. The number of piperidine rings is 1. The minimum Gasteiger partial charge on any atom is -0.330 e. The normalized spacial score (nSPS) is 24.4. The average Bonchev–Trinajstić information content (AvgIpc) is 2.17. The molecule has 1 unspecified atom stereocenters. The zero-order valence-corrected chi connectivity index (χ0v) is 8.89. The van der Waals surface area contributed by atoms with E-state index in [4.69, 9.17) is 5.73 Å². The van der Waals surface area contributed by atoms with Gasteiger partial charge in [-0.25, -0.2) is 0 Å². The zero-order valence-electron chi connectivity index (χ0n) is 8.89. The van der Waals surface area contributed by atoms with Gasteiger partial charge in [0.05, 0.1) is 5.92 Å². The summed E-state index contributed by atoms with van der Waals surface area (Å²) in [6.07, 6.45) is -1.27. The van der Waals surface area contributed by atoms with Crippen molar-refractivity contribution in [3.8, 4) is 0 Å². The van der Waals surface area contributed by atoms with Gasteiger partial charge in [0.15, 0.2) is 0 Å². The Hall–Kier alpha value is -0.290. The maximum absolute atomic E-state index is 12.5. The maximum atomic E-state index is 12.5. The molecule has 15 heavy (non-hydrogen) atoms. The van der Waals surface area contributed by atoms with E-state index in [0.29, 0.717) is 13.0 Å². The molecule has 5 heteroatoms. The van der Waals surface area contributed by atoms with Crippen molar-refractivity contribution >= 4 is 0 Å². The Bertz CT molecular complexity index is 182. The van der Waals surface area contributed by atoms with E-state index in [1.807, 2.05) is 4.90 Å². The first-order chi connectivity index (χ1) is 7.04. The third-order valence-electron chi connectivity index (χ3n) is 2.90. The Morgan fingerprint density at radius 2 is 2.00 bits per heavy atom. The third-order valence-corrected chi connectivity index (χ3v) is 2.90. The summed E-state index contributed by atoms with van der Waals surface area (Å²) in [5, 5.41) is 0. The number of alkyl halides is 3. The van der Waals surface area contributed by atoms with Crippen molar-refractivity contribution in [3.63, 3.8) is 0 Å². The van der Waals surface area contributed by atoms with Gasteiger partial charge in [-0.05, 0) is 45.3 Å². The van der Waals surface area contributed by atoms with E-state index in [-0.39, 0.29) is 13.0 Å². The van der Waals surface area contributed by atoms with Crippen molar-refractivity contribution in [2.45, 2.75) is 31.9 Å². The van der Waals surface area contributed by atoms with Crippen LogP contribution in [0, 0.1) is 5.92 Å². The highest BCUT2D eigenvalue weighted by molar-refractivity contribution is 4.77. The van der Waals surface area contributed by atoms with Gasteiger partial charge in [0.1, 0.15) is 0 Å². The molecule has 0 aromatic heterocycles. The maximum Gasteiger partial charge on any atom is 0.393 e. The quantitative estimate of drug-likeness (QED) is 0.740. The van der Waals surface area contributed by atoms with Crippen LogP contribution in [0.5, 0.6) is 0 Å². The van der Waals surface area contributed by atoms with Crippen LogP contribution >= 0.6 is 0 Å². The molecule has 1 atom stereocenters. The SMILES string of the molecule is NCCCCN1CCCC(C(F)(F)F)C1. The summed E-state index contributed by atoms with van der Waals surface area (Å²) in [6.45, 7) is 2.35. The van der Waals surface area contributed by atoms with Crippen LogP contribution in [0.2, 0.25) is 0 Å². The van der Waals surface area contributed by atoms with Crippen LogP contribution in [0.1, 0.15) is 25.7 Å². The molecule has 1 aliphatic rings. The first kappa shape index (κ1) is 12.8. The fraction of sp³-hybridized carbons (Fsp3) is 1.00. The summed E-state index contributed by atoms with van der Waals surface area (Å²) in [7, 11) is 0. The number of nitrogens with two attached hydrogens (primary N) is 1. The highest BCUT2D eigenvalue weighted by atomic mass is 19.4. The molecule has 0 aliphatic carbocycles. The van der Waals surface area contributed by atoms with Crippen LogP contribution in [0.25, 0.3) is 0 Å². The first-order valence-electron chi connectivity index (χ1n) is 5.53. The molecule has 0 aromatic rings. The van der Waals surface area contributed by atoms with Crippen LogP contribution < -0.4 is 5.73 Å². The molecule has 2 N–H and O–H groups in total. The number of hydrogen-bond donors (Lipinski definition) is 1. The molecule has 1 aliphatic heterocycles. The number of likely N-dealkylation sites (tertiary alicyclic amines) is 1. The van der Waals surface area contributed by atoms with Crippen LogP contribution in [-0.2, 0) is 0 Å². The summed E-state index contributed by atoms with van der Waals surface area (Å²) in [6, 6.07) is 0. The Kier molecular flexibility index (Phi) is 4.86. The predicted octanol–water partition coefficient (Wildman–Crippen LogP) is 2.00. The predicted molar refractivity (Wildman–Crippen MR) is 53.5 cm³/mol. The van der Waals surface area contributed by atoms with Crippen molar-refractivity contribution in [1.82, 2.24) is 4.90 Å². The Balaban J connectivity index is 2.29. The van der Waals surface area contributed by atoms with Crippen LogP contribution in [0.3, 0.4) is 0 Å². The van der Waals surface area contributed by atoms with E-state index in [1.165, 1.54) is 0 Å². The minimum absolute atomic E-state index is 0.175. The molecule has 0 bridgehead atoms. The molecule has 0 radical (unpaired) electrons. The highest BCUT2D eigenvalue weighted by Crippen LogP contribution is 2.33. The molecule has 90 valence electrons. The summed E-state index contributed by atoms with van der Waals surface area (Å²) in [5.41, 5.74) is 5.34. The van der Waals surface area contributed by atoms with Crippen molar-refractivity contribution in [1.29, 1.82) is 0 Å². The Labute approximate surface area is 88.6 Å². The van der Waals surface area contributed by atoms with E-state index in [0.717, 1.165) is 25.9 Å². The number of rotatable bonds is 4. The largest absolute Gasteiger partial charge is 0.393 e. The summed E-state index contributed by atoms with van der Waals surface area (Å²) >= 11 is 0. The summed E-state index contributed by atoms with van der Waals surface area (Å²) in [4.78, 5) is 1.91. The fourth-order valence-corrected chi connectivity index (χ4v) is 2.01. The molecule has 1 rings (SSSR count). The second kappa shape index (κ2) is 5.70. The van der Waals surface area contributed by atoms with Crippen LogP contribution in [0.4, 0.5) is 13.2 Å². The average molecular weight is 224 g/mol.